The first-order chi connectivity index (χ1) is 16.2. The number of aromatic nitrogens is 1. The van der Waals surface area contributed by atoms with Crippen molar-refractivity contribution >= 4 is 38.3 Å². The minimum Gasteiger partial charge on any atom is -0.405 e. The summed E-state index contributed by atoms with van der Waals surface area (Å²) in [5.41, 5.74) is 2.56. The van der Waals surface area contributed by atoms with Crippen molar-refractivity contribution in [2.75, 3.05) is 24.3 Å². The van der Waals surface area contributed by atoms with Crippen LogP contribution in [0, 0.1) is 0 Å². The maximum Gasteiger partial charge on any atom is 0.573 e. The summed E-state index contributed by atoms with van der Waals surface area (Å²) >= 11 is 3.21. The summed E-state index contributed by atoms with van der Waals surface area (Å²) < 4.78 is 43.0. The van der Waals surface area contributed by atoms with Crippen LogP contribution in [0.1, 0.15) is 31.2 Å². The van der Waals surface area contributed by atoms with E-state index >= 15 is 0 Å². The number of nitrogens with one attached hydrogen (secondary N) is 2. The van der Waals surface area contributed by atoms with E-state index in [0.717, 1.165) is 48.1 Å². The van der Waals surface area contributed by atoms with Gasteiger partial charge < -0.3 is 20.3 Å². The number of pyridine rings is 1. The van der Waals surface area contributed by atoms with Gasteiger partial charge in [-0.25, -0.2) is 4.98 Å². The van der Waals surface area contributed by atoms with E-state index in [2.05, 4.69) is 48.3 Å². The van der Waals surface area contributed by atoms with Crippen molar-refractivity contribution in [2.45, 2.75) is 50.7 Å². The van der Waals surface area contributed by atoms with Crippen LogP contribution < -0.4 is 20.3 Å². The zero-order valence-corrected chi connectivity index (χ0v) is 20.7. The van der Waals surface area contributed by atoms with Gasteiger partial charge >= 0.3 is 6.36 Å². The Morgan fingerprint density at radius 2 is 1.74 bits per heavy atom. The molecule has 1 aromatic heterocycles. The van der Waals surface area contributed by atoms with Crippen LogP contribution in [0.4, 0.5) is 24.7 Å². The molecule has 1 saturated carbocycles. The molecule has 0 atom stereocenters. The molecule has 0 spiro atoms. The lowest BCUT2D eigenvalue weighted by Crippen LogP contribution is -2.37. The average molecular weight is 537 g/mol. The lowest BCUT2D eigenvalue weighted by molar-refractivity contribution is -0.274. The molecule has 1 aliphatic carbocycles. The zero-order chi connectivity index (χ0) is 24.3. The zero-order valence-electron chi connectivity index (χ0n) is 19.1. The highest BCUT2D eigenvalue weighted by molar-refractivity contribution is 9.10. The average Bonchev–Trinajstić information content (AvgIpc) is 2.78. The first-order valence-corrected chi connectivity index (χ1v) is 12.1. The Hall–Kier alpha value is -2.52. The van der Waals surface area contributed by atoms with Crippen LogP contribution in [-0.4, -0.2) is 37.5 Å². The predicted octanol–water partition coefficient (Wildman–Crippen LogP) is 6.47. The lowest BCUT2D eigenvalue weighted by Gasteiger charge is -2.30. The molecular formula is C25H28BrF3N4O. The normalized spacial score (nSPS) is 18.6. The third-order valence-electron chi connectivity index (χ3n) is 6.09. The second-order valence-corrected chi connectivity index (χ2v) is 9.73. The van der Waals surface area contributed by atoms with Crippen molar-refractivity contribution in [3.05, 3.63) is 58.6 Å². The number of benzene rings is 2. The number of ether oxygens (including phenoxy) is 1. The molecule has 2 N–H and O–H groups in total. The van der Waals surface area contributed by atoms with E-state index < -0.39 is 6.36 Å². The number of anilines is 2. The third-order valence-corrected chi connectivity index (χ3v) is 6.58. The first kappa shape index (κ1) is 24.6. The van der Waals surface area contributed by atoms with Gasteiger partial charge in [0, 0.05) is 59.9 Å². The van der Waals surface area contributed by atoms with E-state index in [1.807, 2.05) is 32.3 Å². The molecule has 0 unspecified atom stereocenters. The summed E-state index contributed by atoms with van der Waals surface area (Å²) in [4.78, 5) is 6.88. The van der Waals surface area contributed by atoms with E-state index in [1.165, 1.54) is 6.07 Å². The van der Waals surface area contributed by atoms with Crippen LogP contribution in [0.25, 0.3) is 10.9 Å². The summed E-state index contributed by atoms with van der Waals surface area (Å²) in [7, 11) is 4.05. The maximum atomic E-state index is 12.8. The Bertz CT molecular complexity index is 1130. The fraction of sp³-hybridized carbons (Fsp3) is 0.400. The third kappa shape index (κ3) is 6.33. The van der Waals surface area contributed by atoms with E-state index in [9.17, 15) is 13.2 Å². The Morgan fingerprint density at radius 1 is 1.03 bits per heavy atom. The molecule has 0 bridgehead atoms. The molecule has 9 heteroatoms. The van der Waals surface area contributed by atoms with Crippen molar-refractivity contribution in [3.63, 3.8) is 0 Å². The second kappa shape index (κ2) is 10.4. The van der Waals surface area contributed by atoms with Gasteiger partial charge in [0.1, 0.15) is 11.6 Å². The van der Waals surface area contributed by atoms with Gasteiger partial charge in [0.25, 0.3) is 0 Å². The summed E-state index contributed by atoms with van der Waals surface area (Å²) in [6.07, 6.45) is -0.955. The van der Waals surface area contributed by atoms with Gasteiger partial charge in [-0.15, -0.1) is 13.2 Å². The van der Waals surface area contributed by atoms with Crippen molar-refractivity contribution in [1.82, 2.24) is 10.3 Å². The van der Waals surface area contributed by atoms with E-state index in [4.69, 9.17) is 4.98 Å². The number of rotatable bonds is 7. The molecule has 1 aliphatic rings. The molecule has 0 radical (unpaired) electrons. The lowest BCUT2D eigenvalue weighted by atomic mass is 9.91. The van der Waals surface area contributed by atoms with Crippen molar-refractivity contribution in [1.29, 1.82) is 0 Å². The Morgan fingerprint density at radius 3 is 2.44 bits per heavy atom. The molecule has 0 amide bonds. The monoisotopic (exact) mass is 536 g/mol. The largest absolute Gasteiger partial charge is 0.573 e. The van der Waals surface area contributed by atoms with Gasteiger partial charge in [0.2, 0.25) is 0 Å². The van der Waals surface area contributed by atoms with Crippen LogP contribution >= 0.6 is 15.9 Å². The van der Waals surface area contributed by atoms with Gasteiger partial charge in [-0.05, 0) is 43.9 Å². The molecule has 0 saturated heterocycles. The molecule has 3 aromatic rings. The SMILES string of the molecule is CN(C)c1cc(N[C@H]2CC[C@@H](NCc3ccc(Br)cc3OC(F)(F)F)CC2)nc2ccccc12. The first-order valence-electron chi connectivity index (χ1n) is 11.3. The van der Waals surface area contributed by atoms with Gasteiger partial charge in [0.05, 0.1) is 5.52 Å². The number of hydrogen-bond acceptors (Lipinski definition) is 5. The topological polar surface area (TPSA) is 49.4 Å². The standard InChI is InChI=1S/C25H28BrF3N4O/c1-33(2)22-14-24(32-21-6-4-3-5-20(21)22)31-19-11-9-18(10-12-19)30-15-16-7-8-17(26)13-23(16)34-25(27,28)29/h3-8,13-14,18-19,30H,9-12,15H2,1-2H3,(H,31,32)/t18-,19+. The van der Waals surface area contributed by atoms with E-state index in [0.29, 0.717) is 22.6 Å². The molecule has 2 aromatic carbocycles. The Labute approximate surface area is 205 Å². The number of alkyl halides is 3. The number of fused-ring (bicyclic) bond motifs is 1. The minimum atomic E-state index is -4.72. The van der Waals surface area contributed by atoms with Crippen LogP contribution in [0.15, 0.2) is 53.0 Å². The molecule has 0 aliphatic heterocycles. The van der Waals surface area contributed by atoms with Crippen molar-refractivity contribution in [2.24, 2.45) is 0 Å². The quantitative estimate of drug-likeness (QED) is 0.362. The summed E-state index contributed by atoms with van der Waals surface area (Å²) in [5.74, 6) is 0.686. The van der Waals surface area contributed by atoms with Gasteiger partial charge in [-0.1, -0.05) is 40.2 Å². The number of halogens is 4. The highest BCUT2D eigenvalue weighted by Gasteiger charge is 2.32. The highest BCUT2D eigenvalue weighted by Crippen LogP contribution is 2.31. The van der Waals surface area contributed by atoms with Crippen LogP contribution in [-0.2, 0) is 6.54 Å². The summed E-state index contributed by atoms with van der Waals surface area (Å²) in [5, 5.41) is 8.11. The molecule has 4 rings (SSSR count). The van der Waals surface area contributed by atoms with Gasteiger partial charge in [0.15, 0.2) is 0 Å². The molecular weight excluding hydrogens is 509 g/mol. The van der Waals surface area contributed by atoms with Gasteiger partial charge in [-0.2, -0.15) is 0 Å². The summed E-state index contributed by atoms with van der Waals surface area (Å²) in [6.45, 7) is 0.319. The van der Waals surface area contributed by atoms with Crippen molar-refractivity contribution < 1.29 is 17.9 Å². The van der Waals surface area contributed by atoms with Crippen LogP contribution in [0.3, 0.4) is 0 Å². The van der Waals surface area contributed by atoms with Crippen LogP contribution in [0.5, 0.6) is 5.75 Å². The predicted molar refractivity (Wildman–Crippen MR) is 133 cm³/mol. The minimum absolute atomic E-state index is 0.177. The fourth-order valence-electron chi connectivity index (χ4n) is 4.40. The molecule has 1 fully saturated rings. The fourth-order valence-corrected chi connectivity index (χ4v) is 4.74. The smallest absolute Gasteiger partial charge is 0.405 e. The molecule has 182 valence electrons. The van der Waals surface area contributed by atoms with E-state index in [-0.39, 0.29) is 11.8 Å². The molecule has 5 nitrogen and oxygen atoms in total. The highest BCUT2D eigenvalue weighted by atomic mass is 79.9. The van der Waals surface area contributed by atoms with Gasteiger partial charge in [-0.3, -0.25) is 0 Å². The second-order valence-electron chi connectivity index (χ2n) is 8.81. The molecule has 34 heavy (non-hydrogen) atoms. The maximum absolute atomic E-state index is 12.8. The van der Waals surface area contributed by atoms with E-state index in [1.54, 1.807) is 12.1 Å². The molecule has 1 heterocycles. The summed E-state index contributed by atoms with van der Waals surface area (Å²) in [6, 6.07) is 15.5. The number of para-hydroxylation sites is 1. The Kier molecular flexibility index (Phi) is 7.52. The number of hydrogen-bond donors (Lipinski definition) is 2. The number of nitrogens with zero attached hydrogens (tertiary/aromatic N) is 2. The van der Waals surface area contributed by atoms with Crippen molar-refractivity contribution in [3.8, 4) is 5.75 Å². The Balaban J connectivity index is 1.34. The van der Waals surface area contributed by atoms with Crippen LogP contribution in [0.2, 0.25) is 0 Å².